The molecule has 6 nitrogen and oxygen atoms in total. The van der Waals surface area contributed by atoms with Crippen LogP contribution >= 0.6 is 15.9 Å². The fourth-order valence-electron chi connectivity index (χ4n) is 4.82. The minimum atomic E-state index is -4.11. The van der Waals surface area contributed by atoms with Crippen LogP contribution in [0.3, 0.4) is 0 Å². The Morgan fingerprint density at radius 1 is 1.20 bits per heavy atom. The van der Waals surface area contributed by atoms with Crippen LogP contribution in [0, 0.1) is 5.82 Å². The zero-order chi connectivity index (χ0) is 25.2. The highest BCUT2D eigenvalue weighted by molar-refractivity contribution is 9.10. The molecule has 35 heavy (non-hydrogen) atoms. The summed E-state index contributed by atoms with van der Waals surface area (Å²) >= 11 is 3.56. The van der Waals surface area contributed by atoms with Crippen molar-refractivity contribution in [2.75, 3.05) is 18.0 Å². The molecule has 186 valence electrons. The molecular formula is C25H28BrFN2O4SSi. The Labute approximate surface area is 214 Å². The van der Waals surface area contributed by atoms with E-state index < -0.39 is 23.9 Å². The van der Waals surface area contributed by atoms with E-state index in [0.29, 0.717) is 18.0 Å². The third-order valence-corrected chi connectivity index (χ3v) is 11.0. The molecule has 0 aliphatic heterocycles. The lowest BCUT2D eigenvalue weighted by atomic mass is 9.79. The van der Waals surface area contributed by atoms with Gasteiger partial charge in [0, 0.05) is 41.7 Å². The maximum absolute atomic E-state index is 14.1. The molecule has 0 bridgehead atoms. The van der Waals surface area contributed by atoms with Crippen molar-refractivity contribution in [3.8, 4) is 17.1 Å². The number of benzene rings is 2. The van der Waals surface area contributed by atoms with Crippen molar-refractivity contribution in [1.82, 2.24) is 5.16 Å². The lowest BCUT2D eigenvalue weighted by Gasteiger charge is -2.29. The number of fused-ring (bicyclic) bond motifs is 4. The molecule has 1 heterocycles. The summed E-state index contributed by atoms with van der Waals surface area (Å²) in [6.45, 7) is 6.85. The Balaban J connectivity index is 1.67. The van der Waals surface area contributed by atoms with Gasteiger partial charge in [0.25, 0.3) is 10.0 Å². The number of methoxy groups -OCH3 is 1. The summed E-state index contributed by atoms with van der Waals surface area (Å²) in [6, 6.07) is 10.4. The van der Waals surface area contributed by atoms with Crippen molar-refractivity contribution in [2.24, 2.45) is 0 Å². The van der Waals surface area contributed by atoms with Crippen LogP contribution in [0.5, 0.6) is 5.75 Å². The fraction of sp³-hybridized carbons (Fsp3) is 0.400. The molecule has 0 unspecified atom stereocenters. The molecule has 0 saturated heterocycles. The van der Waals surface area contributed by atoms with Crippen LogP contribution in [0.25, 0.3) is 11.3 Å². The molecule has 2 aliphatic rings. The summed E-state index contributed by atoms with van der Waals surface area (Å²) in [5, 5.41) is 4.34. The predicted octanol–water partition coefficient (Wildman–Crippen LogP) is 6.37. The normalized spacial score (nSPS) is 16.1. The smallest absolute Gasteiger partial charge is 0.269 e. The minimum Gasteiger partial charge on any atom is -0.495 e. The molecule has 2 aromatic carbocycles. The van der Waals surface area contributed by atoms with Crippen molar-refractivity contribution < 1.29 is 22.1 Å². The summed E-state index contributed by atoms with van der Waals surface area (Å²) < 4.78 is 55.4. The van der Waals surface area contributed by atoms with Gasteiger partial charge in [-0.1, -0.05) is 46.8 Å². The van der Waals surface area contributed by atoms with Crippen molar-refractivity contribution in [3.05, 3.63) is 57.8 Å². The molecule has 2 aliphatic carbocycles. The van der Waals surface area contributed by atoms with Crippen molar-refractivity contribution in [2.45, 2.75) is 55.3 Å². The largest absolute Gasteiger partial charge is 0.495 e. The lowest BCUT2D eigenvalue weighted by Crippen LogP contribution is -2.37. The Morgan fingerprint density at radius 2 is 1.94 bits per heavy atom. The first-order valence-corrected chi connectivity index (χ1v) is 17.5. The van der Waals surface area contributed by atoms with Gasteiger partial charge in [0.15, 0.2) is 11.6 Å². The number of hydrogen-bond acceptors (Lipinski definition) is 5. The maximum atomic E-state index is 14.1. The number of halogens is 2. The second-order valence-electron chi connectivity index (χ2n) is 10.6. The van der Waals surface area contributed by atoms with Gasteiger partial charge in [-0.3, -0.25) is 0 Å². The zero-order valence-electron chi connectivity index (χ0n) is 20.2. The second kappa shape index (κ2) is 8.45. The third kappa shape index (κ3) is 4.33. The first-order chi connectivity index (χ1) is 16.4. The van der Waals surface area contributed by atoms with Gasteiger partial charge in [-0.25, -0.2) is 17.1 Å². The summed E-state index contributed by atoms with van der Waals surface area (Å²) in [5.41, 5.74) is 2.99. The number of ether oxygens (including phenoxy) is 1. The maximum Gasteiger partial charge on any atom is 0.269 e. The van der Waals surface area contributed by atoms with E-state index in [4.69, 9.17) is 9.26 Å². The molecule has 1 fully saturated rings. The van der Waals surface area contributed by atoms with Crippen LogP contribution in [0.4, 0.5) is 10.2 Å². The summed E-state index contributed by atoms with van der Waals surface area (Å²) in [5.74, 6) is 0.342. The first-order valence-electron chi connectivity index (χ1n) is 11.6. The van der Waals surface area contributed by atoms with Gasteiger partial charge >= 0.3 is 0 Å². The third-order valence-electron chi connectivity index (χ3n) is 6.93. The van der Waals surface area contributed by atoms with E-state index in [1.807, 2.05) is 12.1 Å². The van der Waals surface area contributed by atoms with Crippen LogP contribution in [0.15, 0.2) is 50.3 Å². The standard InChI is InChI=1S/C25H28BrFN2O4SSi/c1-32-21-14-17(27)6-8-22(21)34(30,31)29(11-12-35(2,3)4)24-19-15-25(9-10-25)20-7-5-16(26)13-18(20)23(19)33-28-24/h5-8,13-14H,9-12,15H2,1-4H3. The highest BCUT2D eigenvalue weighted by atomic mass is 79.9. The molecule has 0 atom stereocenters. The molecule has 1 saturated carbocycles. The fourth-order valence-corrected chi connectivity index (χ4v) is 7.81. The minimum absolute atomic E-state index is 0.00882. The van der Waals surface area contributed by atoms with E-state index in [0.717, 1.165) is 46.6 Å². The molecule has 0 radical (unpaired) electrons. The van der Waals surface area contributed by atoms with Gasteiger partial charge in [0.05, 0.1) is 7.11 Å². The quantitative estimate of drug-likeness (QED) is 0.304. The first kappa shape index (κ1) is 24.5. The van der Waals surface area contributed by atoms with Crippen LogP contribution in [-0.2, 0) is 21.9 Å². The number of aromatic nitrogens is 1. The molecule has 1 aromatic heterocycles. The Hall–Kier alpha value is -2.17. The van der Waals surface area contributed by atoms with Crippen molar-refractivity contribution in [1.29, 1.82) is 0 Å². The van der Waals surface area contributed by atoms with Gasteiger partial charge in [0.1, 0.15) is 16.5 Å². The molecule has 0 amide bonds. The van der Waals surface area contributed by atoms with Gasteiger partial charge in [0.2, 0.25) is 0 Å². The van der Waals surface area contributed by atoms with Gasteiger partial charge in [-0.15, -0.1) is 0 Å². The Morgan fingerprint density at radius 3 is 2.60 bits per heavy atom. The zero-order valence-corrected chi connectivity index (χ0v) is 23.6. The van der Waals surface area contributed by atoms with E-state index in [1.54, 1.807) is 0 Å². The van der Waals surface area contributed by atoms with Crippen LogP contribution in [-0.4, -0.2) is 35.3 Å². The SMILES string of the molecule is COc1cc(F)ccc1S(=O)(=O)N(CC[Si](C)(C)C)c1noc2c1CC1(CC1)c1ccc(Br)cc1-2. The van der Waals surface area contributed by atoms with E-state index in [2.05, 4.69) is 46.8 Å². The Bertz CT molecular complexity index is 1410. The Kier molecular flexibility index (Phi) is 5.92. The average molecular weight is 580 g/mol. The van der Waals surface area contributed by atoms with Crippen LogP contribution in [0.1, 0.15) is 24.0 Å². The summed E-state index contributed by atoms with van der Waals surface area (Å²) in [4.78, 5) is -0.0891. The van der Waals surface area contributed by atoms with Crippen LogP contribution in [0.2, 0.25) is 25.7 Å². The highest BCUT2D eigenvalue weighted by Crippen LogP contribution is 2.59. The molecule has 1 spiro atoms. The van der Waals surface area contributed by atoms with Gasteiger partial charge in [-0.2, -0.15) is 0 Å². The monoisotopic (exact) mass is 578 g/mol. The van der Waals surface area contributed by atoms with Gasteiger partial charge < -0.3 is 9.26 Å². The second-order valence-corrected chi connectivity index (χ2v) is 19.0. The molecule has 0 N–H and O–H groups in total. The molecular weight excluding hydrogens is 551 g/mol. The van der Waals surface area contributed by atoms with Crippen molar-refractivity contribution in [3.63, 3.8) is 0 Å². The number of rotatable bonds is 7. The van der Waals surface area contributed by atoms with E-state index in [1.165, 1.54) is 23.0 Å². The number of hydrogen-bond donors (Lipinski definition) is 0. The molecule has 10 heteroatoms. The van der Waals surface area contributed by atoms with E-state index in [-0.39, 0.29) is 22.6 Å². The molecule has 3 aromatic rings. The van der Waals surface area contributed by atoms with E-state index in [9.17, 15) is 12.8 Å². The van der Waals surface area contributed by atoms with E-state index >= 15 is 0 Å². The number of sulfonamides is 1. The summed E-state index contributed by atoms with van der Waals surface area (Å²) in [6.07, 6.45) is 2.76. The van der Waals surface area contributed by atoms with Crippen molar-refractivity contribution >= 4 is 39.8 Å². The highest BCUT2D eigenvalue weighted by Gasteiger charge is 2.51. The van der Waals surface area contributed by atoms with Gasteiger partial charge in [-0.05, 0) is 55.1 Å². The predicted molar refractivity (Wildman–Crippen MR) is 140 cm³/mol. The van der Waals surface area contributed by atoms with Crippen LogP contribution < -0.4 is 9.04 Å². The topological polar surface area (TPSA) is 72.6 Å². The average Bonchev–Trinajstić information content (AvgIpc) is 3.43. The number of nitrogens with zero attached hydrogens (tertiary/aromatic N) is 2. The lowest BCUT2D eigenvalue weighted by molar-refractivity contribution is 0.399. The number of anilines is 1. The summed E-state index contributed by atoms with van der Waals surface area (Å²) in [7, 11) is -4.39. The molecule has 5 rings (SSSR count).